The molecule has 5 rings (SSSR count). The van der Waals surface area contributed by atoms with E-state index in [9.17, 15) is 13.2 Å². The lowest BCUT2D eigenvalue weighted by Crippen LogP contribution is -2.59. The Morgan fingerprint density at radius 2 is 1.66 bits per heavy atom. The summed E-state index contributed by atoms with van der Waals surface area (Å²) < 4.78 is 69.4. The first-order valence-corrected chi connectivity index (χ1v) is 12.3. The second kappa shape index (κ2) is 10.7. The van der Waals surface area contributed by atoms with Crippen LogP contribution in [0.2, 0.25) is 0 Å². The van der Waals surface area contributed by atoms with E-state index in [4.69, 9.17) is 23.7 Å². The summed E-state index contributed by atoms with van der Waals surface area (Å²) in [5.74, 6) is 0.304. The molecule has 0 amide bonds. The van der Waals surface area contributed by atoms with Crippen molar-refractivity contribution in [3.05, 3.63) is 65.5 Å². The zero-order chi connectivity index (χ0) is 27.0. The van der Waals surface area contributed by atoms with Crippen LogP contribution in [0.15, 0.2) is 48.8 Å². The number of methoxy groups -OCH3 is 3. The van der Waals surface area contributed by atoms with Gasteiger partial charge in [0.2, 0.25) is 0 Å². The molecule has 8 nitrogen and oxygen atoms in total. The third kappa shape index (κ3) is 5.21. The summed E-state index contributed by atoms with van der Waals surface area (Å²) in [5, 5.41) is 4.52. The molecule has 0 N–H and O–H groups in total. The molecule has 3 aromatic rings. The van der Waals surface area contributed by atoms with E-state index in [0.29, 0.717) is 17.9 Å². The average Bonchev–Trinajstić information content (AvgIpc) is 3.54. The quantitative estimate of drug-likeness (QED) is 0.450. The Bertz CT molecular complexity index is 1250. The predicted molar refractivity (Wildman–Crippen MR) is 131 cm³/mol. The summed E-state index contributed by atoms with van der Waals surface area (Å²) in [6, 6.07) is 10.2. The van der Waals surface area contributed by atoms with E-state index >= 15 is 0 Å². The number of hydrogen-bond donors (Lipinski definition) is 0. The van der Waals surface area contributed by atoms with E-state index in [0.717, 1.165) is 29.8 Å². The molecule has 1 fully saturated rings. The van der Waals surface area contributed by atoms with Gasteiger partial charge in [-0.2, -0.15) is 18.3 Å². The van der Waals surface area contributed by atoms with Crippen molar-refractivity contribution in [2.75, 3.05) is 21.3 Å². The zero-order valence-corrected chi connectivity index (χ0v) is 21.5. The number of hydrogen-bond acceptors (Lipinski definition) is 7. The van der Waals surface area contributed by atoms with Crippen molar-refractivity contribution in [2.45, 2.75) is 62.8 Å². The normalized spacial score (nSPS) is 27.4. The summed E-state index contributed by atoms with van der Waals surface area (Å²) >= 11 is 0. The number of aromatic nitrogens is 3. The van der Waals surface area contributed by atoms with Crippen LogP contribution in [0.5, 0.6) is 0 Å². The summed E-state index contributed by atoms with van der Waals surface area (Å²) in [7, 11) is 4.85. The Morgan fingerprint density at radius 1 is 0.921 bits per heavy atom. The Labute approximate surface area is 218 Å². The maximum Gasteiger partial charge on any atom is 0.417 e. The fourth-order valence-electron chi connectivity index (χ4n) is 5.24. The van der Waals surface area contributed by atoms with Gasteiger partial charge in [-0.25, -0.2) is 9.67 Å². The number of halogens is 3. The van der Waals surface area contributed by atoms with E-state index in [1.807, 2.05) is 19.1 Å². The maximum atomic E-state index is 12.8. The molecule has 0 radical (unpaired) electrons. The van der Waals surface area contributed by atoms with Gasteiger partial charge in [0.25, 0.3) is 0 Å². The van der Waals surface area contributed by atoms with Gasteiger partial charge in [-0.05, 0) is 55.2 Å². The fraction of sp³-hybridized carbons (Fsp3) is 0.481. The van der Waals surface area contributed by atoms with Crippen LogP contribution in [0.3, 0.4) is 0 Å². The molecule has 3 heterocycles. The minimum Gasteiger partial charge on any atom is -0.376 e. The van der Waals surface area contributed by atoms with Gasteiger partial charge in [0, 0.05) is 39.3 Å². The van der Waals surface area contributed by atoms with Crippen molar-refractivity contribution in [2.24, 2.45) is 0 Å². The van der Waals surface area contributed by atoms with E-state index in [2.05, 4.69) is 22.2 Å². The van der Waals surface area contributed by atoms with Crippen LogP contribution in [-0.2, 0) is 42.7 Å². The van der Waals surface area contributed by atoms with Gasteiger partial charge >= 0.3 is 6.18 Å². The van der Waals surface area contributed by atoms with Gasteiger partial charge in [-0.1, -0.05) is 12.1 Å². The van der Waals surface area contributed by atoms with E-state index in [1.54, 1.807) is 27.5 Å². The van der Waals surface area contributed by atoms with Crippen molar-refractivity contribution in [3.63, 3.8) is 0 Å². The van der Waals surface area contributed by atoms with Crippen LogP contribution < -0.4 is 0 Å². The molecule has 6 atom stereocenters. The molecule has 1 aliphatic heterocycles. The topological polar surface area (TPSA) is 76.9 Å². The highest BCUT2D eigenvalue weighted by molar-refractivity contribution is 5.61. The summed E-state index contributed by atoms with van der Waals surface area (Å²) in [6.45, 7) is 1.93. The van der Waals surface area contributed by atoms with Crippen molar-refractivity contribution in [3.8, 4) is 17.1 Å². The molecule has 1 unspecified atom stereocenters. The lowest BCUT2D eigenvalue weighted by atomic mass is 9.99. The number of rotatable bonds is 7. The minimum atomic E-state index is -4.43. The molecule has 2 aliphatic rings. The lowest BCUT2D eigenvalue weighted by molar-refractivity contribution is -0.314. The van der Waals surface area contributed by atoms with Gasteiger partial charge in [-0.3, -0.25) is 0 Å². The van der Waals surface area contributed by atoms with Gasteiger partial charge < -0.3 is 23.7 Å². The third-order valence-corrected chi connectivity index (χ3v) is 7.17. The second-order valence-electron chi connectivity index (χ2n) is 9.51. The van der Waals surface area contributed by atoms with Crippen LogP contribution in [0.4, 0.5) is 13.2 Å². The lowest BCUT2D eigenvalue weighted by Gasteiger charge is -2.44. The highest BCUT2D eigenvalue weighted by atomic mass is 19.4. The van der Waals surface area contributed by atoms with Crippen molar-refractivity contribution < 1.29 is 36.9 Å². The Balaban J connectivity index is 1.28. The number of ether oxygens (including phenoxy) is 5. The van der Waals surface area contributed by atoms with Crippen molar-refractivity contribution in [1.29, 1.82) is 0 Å². The largest absolute Gasteiger partial charge is 0.417 e. The number of alkyl halides is 3. The Kier molecular flexibility index (Phi) is 7.56. The highest BCUT2D eigenvalue weighted by Gasteiger charge is 2.47. The number of nitrogens with zero attached hydrogens (tertiary/aromatic N) is 3. The zero-order valence-electron chi connectivity index (χ0n) is 21.5. The van der Waals surface area contributed by atoms with Gasteiger partial charge in [0.15, 0.2) is 12.1 Å². The SMILES string of the molecule is CO[C@@H]1[C@@H](OC)[C@H](C)O[C@@H](OC2Cc3ccc(-c4ccn(-c5ccc(C(F)(F)F)cn5)n4)cc3C2)[C@@H]1OC. The second-order valence-corrected chi connectivity index (χ2v) is 9.51. The predicted octanol–water partition coefficient (Wildman–Crippen LogP) is 4.23. The smallest absolute Gasteiger partial charge is 0.376 e. The number of benzene rings is 1. The molecule has 204 valence electrons. The molecule has 0 saturated carbocycles. The molecule has 2 aromatic heterocycles. The molecule has 0 spiro atoms. The summed E-state index contributed by atoms with van der Waals surface area (Å²) in [5.41, 5.74) is 3.11. The number of fused-ring (bicyclic) bond motifs is 1. The molecule has 38 heavy (non-hydrogen) atoms. The average molecular weight is 534 g/mol. The Morgan fingerprint density at radius 3 is 2.32 bits per heavy atom. The minimum absolute atomic E-state index is 0.0967. The van der Waals surface area contributed by atoms with Crippen molar-refractivity contribution >= 4 is 0 Å². The van der Waals surface area contributed by atoms with E-state index < -0.39 is 24.1 Å². The van der Waals surface area contributed by atoms with Gasteiger partial charge in [0.1, 0.15) is 18.3 Å². The molecule has 1 aromatic carbocycles. The molecular weight excluding hydrogens is 503 g/mol. The molecule has 11 heteroatoms. The van der Waals surface area contributed by atoms with E-state index in [1.165, 1.54) is 16.3 Å². The van der Waals surface area contributed by atoms with Crippen LogP contribution in [-0.4, -0.2) is 72.9 Å². The molecule has 1 saturated heterocycles. The maximum absolute atomic E-state index is 12.8. The summed E-state index contributed by atoms with van der Waals surface area (Å²) in [4.78, 5) is 3.91. The number of pyridine rings is 1. The monoisotopic (exact) mass is 533 g/mol. The third-order valence-electron chi connectivity index (χ3n) is 7.17. The summed E-state index contributed by atoms with van der Waals surface area (Å²) in [6.07, 6.45) is -2.50. The Hall–Kier alpha value is -2.83. The van der Waals surface area contributed by atoms with Crippen LogP contribution in [0.1, 0.15) is 23.6 Å². The van der Waals surface area contributed by atoms with Crippen LogP contribution >= 0.6 is 0 Å². The van der Waals surface area contributed by atoms with Crippen LogP contribution in [0.25, 0.3) is 17.1 Å². The first-order chi connectivity index (χ1) is 18.2. The van der Waals surface area contributed by atoms with E-state index in [-0.39, 0.29) is 24.4 Å². The molecule has 0 bridgehead atoms. The first kappa shape index (κ1) is 26.8. The van der Waals surface area contributed by atoms with Gasteiger partial charge in [0.05, 0.1) is 23.5 Å². The standard InChI is InChI=1S/C27H30F3N3O5/c1-15-23(34-2)24(35-3)25(36-4)26(37-15)38-20-12-16-5-6-17(11-18(16)13-20)21-9-10-33(32-21)22-8-7-19(14-31-22)27(28,29)30/h5-11,14-15,20,23-26H,12-13H2,1-4H3/t15-,20?,23-,24+,25+,26-/m0/s1. The first-order valence-electron chi connectivity index (χ1n) is 12.3. The molecular formula is C27H30F3N3O5. The fourth-order valence-corrected chi connectivity index (χ4v) is 5.24. The van der Waals surface area contributed by atoms with Crippen LogP contribution in [0, 0.1) is 0 Å². The highest BCUT2D eigenvalue weighted by Crippen LogP contribution is 2.33. The molecule has 1 aliphatic carbocycles. The van der Waals surface area contributed by atoms with Gasteiger partial charge in [-0.15, -0.1) is 0 Å². The van der Waals surface area contributed by atoms with Crippen molar-refractivity contribution in [1.82, 2.24) is 14.8 Å².